The van der Waals surface area contributed by atoms with Gasteiger partial charge in [0.15, 0.2) is 5.82 Å². The van der Waals surface area contributed by atoms with Crippen LogP contribution >= 0.6 is 0 Å². The summed E-state index contributed by atoms with van der Waals surface area (Å²) < 4.78 is 5.07. The Hall–Kier alpha value is -2.21. The second kappa shape index (κ2) is 4.58. The molecule has 0 radical (unpaired) electrons. The lowest BCUT2D eigenvalue weighted by Crippen LogP contribution is -2.03. The molecule has 0 atom stereocenters. The number of hydrogen-bond donors (Lipinski definition) is 2. The van der Waals surface area contributed by atoms with Gasteiger partial charge in [0.05, 0.1) is 17.5 Å². The zero-order chi connectivity index (χ0) is 12.4. The number of fused-ring (bicyclic) bond motifs is 1. The van der Waals surface area contributed by atoms with Gasteiger partial charge in [-0.05, 0) is 12.1 Å². The SMILES string of the molecule is NCCc1nc(Cc2nc3ccccc3[nH]2)no1. The van der Waals surface area contributed by atoms with Crippen molar-refractivity contribution >= 4 is 11.0 Å². The number of benzene rings is 1. The number of H-pyrrole nitrogens is 1. The van der Waals surface area contributed by atoms with Crippen LogP contribution in [0.5, 0.6) is 0 Å². The second-order valence-corrected chi connectivity index (χ2v) is 4.02. The predicted octanol–water partition coefficient (Wildman–Crippen LogP) is 1.04. The van der Waals surface area contributed by atoms with E-state index in [1.807, 2.05) is 24.3 Å². The summed E-state index contributed by atoms with van der Waals surface area (Å²) in [4.78, 5) is 11.9. The first-order valence-electron chi connectivity index (χ1n) is 5.80. The van der Waals surface area contributed by atoms with Gasteiger partial charge >= 0.3 is 0 Å². The Morgan fingerprint density at radius 2 is 2.11 bits per heavy atom. The molecule has 0 fully saturated rings. The van der Waals surface area contributed by atoms with Gasteiger partial charge in [0, 0.05) is 13.0 Å². The van der Waals surface area contributed by atoms with E-state index < -0.39 is 0 Å². The van der Waals surface area contributed by atoms with Crippen molar-refractivity contribution in [1.29, 1.82) is 0 Å². The molecular formula is C12H13N5O. The molecule has 1 aromatic carbocycles. The van der Waals surface area contributed by atoms with E-state index in [9.17, 15) is 0 Å². The smallest absolute Gasteiger partial charge is 0.227 e. The standard InChI is InChI=1S/C12H13N5O/c13-6-5-12-16-11(17-18-12)7-10-14-8-3-1-2-4-9(8)15-10/h1-4H,5-7,13H2,(H,14,15). The van der Waals surface area contributed by atoms with Crippen molar-refractivity contribution in [3.63, 3.8) is 0 Å². The van der Waals surface area contributed by atoms with Crippen LogP contribution < -0.4 is 5.73 Å². The molecule has 0 aliphatic carbocycles. The molecule has 2 aromatic heterocycles. The zero-order valence-electron chi connectivity index (χ0n) is 9.76. The maximum atomic E-state index is 5.43. The Kier molecular flexibility index (Phi) is 2.77. The highest BCUT2D eigenvalue weighted by Gasteiger charge is 2.09. The van der Waals surface area contributed by atoms with Gasteiger partial charge in [-0.25, -0.2) is 4.98 Å². The molecule has 3 rings (SSSR count). The van der Waals surface area contributed by atoms with Gasteiger partial charge in [-0.2, -0.15) is 4.98 Å². The minimum Gasteiger partial charge on any atom is -0.342 e. The zero-order valence-corrected chi connectivity index (χ0v) is 9.76. The largest absolute Gasteiger partial charge is 0.342 e. The summed E-state index contributed by atoms with van der Waals surface area (Å²) >= 11 is 0. The summed E-state index contributed by atoms with van der Waals surface area (Å²) in [5.74, 6) is 2.03. The van der Waals surface area contributed by atoms with Gasteiger partial charge in [0.25, 0.3) is 0 Å². The molecule has 3 N–H and O–H groups in total. The molecule has 6 nitrogen and oxygen atoms in total. The van der Waals surface area contributed by atoms with E-state index in [0.717, 1.165) is 16.9 Å². The maximum absolute atomic E-state index is 5.43. The molecule has 0 unspecified atom stereocenters. The molecule has 0 aliphatic heterocycles. The second-order valence-electron chi connectivity index (χ2n) is 4.02. The van der Waals surface area contributed by atoms with Crippen LogP contribution in [0, 0.1) is 0 Å². The number of rotatable bonds is 4. The van der Waals surface area contributed by atoms with Crippen LogP contribution in [0.15, 0.2) is 28.8 Å². The van der Waals surface area contributed by atoms with Crippen molar-refractivity contribution in [2.75, 3.05) is 6.54 Å². The quantitative estimate of drug-likeness (QED) is 0.714. The highest BCUT2D eigenvalue weighted by molar-refractivity contribution is 5.74. The first-order chi connectivity index (χ1) is 8.85. The van der Waals surface area contributed by atoms with Gasteiger partial charge in [-0.3, -0.25) is 0 Å². The van der Waals surface area contributed by atoms with Crippen LogP contribution in [0.3, 0.4) is 0 Å². The van der Waals surface area contributed by atoms with Crippen molar-refractivity contribution < 1.29 is 4.52 Å². The molecule has 0 amide bonds. The van der Waals surface area contributed by atoms with Crippen LogP contribution in [0.4, 0.5) is 0 Å². The minimum atomic E-state index is 0.506. The molecule has 18 heavy (non-hydrogen) atoms. The van der Waals surface area contributed by atoms with Crippen molar-refractivity contribution in [3.05, 3.63) is 41.8 Å². The number of aromatic nitrogens is 4. The molecular weight excluding hydrogens is 230 g/mol. The van der Waals surface area contributed by atoms with Crippen molar-refractivity contribution in [2.24, 2.45) is 5.73 Å². The fourth-order valence-corrected chi connectivity index (χ4v) is 1.83. The van der Waals surface area contributed by atoms with Crippen LogP contribution in [0.2, 0.25) is 0 Å². The third-order valence-electron chi connectivity index (χ3n) is 2.63. The Morgan fingerprint density at radius 1 is 1.22 bits per heavy atom. The summed E-state index contributed by atoms with van der Waals surface area (Å²) in [6.45, 7) is 0.506. The van der Waals surface area contributed by atoms with Crippen molar-refractivity contribution in [3.8, 4) is 0 Å². The monoisotopic (exact) mass is 243 g/mol. The first kappa shape index (κ1) is 10.9. The summed E-state index contributed by atoms with van der Waals surface area (Å²) in [7, 11) is 0. The van der Waals surface area contributed by atoms with Gasteiger partial charge in [0.1, 0.15) is 5.82 Å². The Balaban J connectivity index is 1.82. The molecule has 0 spiro atoms. The highest BCUT2D eigenvalue weighted by atomic mass is 16.5. The molecule has 3 aromatic rings. The average molecular weight is 243 g/mol. The Bertz CT molecular complexity index is 624. The lowest BCUT2D eigenvalue weighted by molar-refractivity contribution is 0.375. The number of imidazole rings is 1. The molecule has 0 saturated carbocycles. The van der Waals surface area contributed by atoms with Gasteiger partial charge in [-0.15, -0.1) is 0 Å². The van der Waals surface area contributed by atoms with E-state index in [4.69, 9.17) is 10.3 Å². The average Bonchev–Trinajstić information content (AvgIpc) is 2.96. The van der Waals surface area contributed by atoms with E-state index in [1.54, 1.807) is 0 Å². The van der Waals surface area contributed by atoms with Crippen molar-refractivity contribution in [1.82, 2.24) is 20.1 Å². The number of nitrogens with zero attached hydrogens (tertiary/aromatic N) is 3. The van der Waals surface area contributed by atoms with Crippen LogP contribution in [-0.2, 0) is 12.8 Å². The fourth-order valence-electron chi connectivity index (χ4n) is 1.83. The van der Waals surface area contributed by atoms with E-state index in [2.05, 4.69) is 20.1 Å². The summed E-state index contributed by atoms with van der Waals surface area (Å²) in [6.07, 6.45) is 1.13. The van der Waals surface area contributed by atoms with Gasteiger partial charge in [0.2, 0.25) is 5.89 Å². The molecule has 0 saturated heterocycles. The third kappa shape index (κ3) is 2.10. The topological polar surface area (TPSA) is 93.6 Å². The summed E-state index contributed by atoms with van der Waals surface area (Å²) in [5, 5.41) is 3.90. The van der Waals surface area contributed by atoms with Crippen LogP contribution in [0.25, 0.3) is 11.0 Å². The first-order valence-corrected chi connectivity index (χ1v) is 5.80. The highest BCUT2D eigenvalue weighted by Crippen LogP contribution is 2.12. The van der Waals surface area contributed by atoms with E-state index in [1.165, 1.54) is 0 Å². The summed E-state index contributed by atoms with van der Waals surface area (Å²) in [6, 6.07) is 7.88. The predicted molar refractivity (Wildman–Crippen MR) is 66.0 cm³/mol. The molecule has 0 bridgehead atoms. The number of hydrogen-bond acceptors (Lipinski definition) is 5. The van der Waals surface area contributed by atoms with E-state index in [0.29, 0.717) is 31.1 Å². The van der Waals surface area contributed by atoms with Gasteiger partial charge < -0.3 is 15.2 Å². The lowest BCUT2D eigenvalue weighted by atomic mass is 10.3. The number of nitrogens with two attached hydrogens (primary N) is 1. The number of nitrogens with one attached hydrogen (secondary N) is 1. The van der Waals surface area contributed by atoms with E-state index in [-0.39, 0.29) is 0 Å². The molecule has 6 heteroatoms. The van der Waals surface area contributed by atoms with Crippen molar-refractivity contribution in [2.45, 2.75) is 12.8 Å². The maximum Gasteiger partial charge on any atom is 0.227 e. The van der Waals surface area contributed by atoms with Crippen LogP contribution in [0.1, 0.15) is 17.5 Å². The minimum absolute atomic E-state index is 0.506. The number of aromatic amines is 1. The Labute approximate surface area is 103 Å². The summed E-state index contributed by atoms with van der Waals surface area (Å²) in [5.41, 5.74) is 7.38. The third-order valence-corrected chi connectivity index (χ3v) is 2.63. The normalized spacial score (nSPS) is 11.2. The lowest BCUT2D eigenvalue weighted by Gasteiger charge is -1.88. The Morgan fingerprint density at radius 3 is 2.94 bits per heavy atom. The molecule has 2 heterocycles. The van der Waals surface area contributed by atoms with Gasteiger partial charge in [-0.1, -0.05) is 17.3 Å². The molecule has 0 aliphatic rings. The van der Waals surface area contributed by atoms with E-state index >= 15 is 0 Å². The van der Waals surface area contributed by atoms with Crippen LogP contribution in [-0.4, -0.2) is 26.7 Å². The number of para-hydroxylation sites is 2. The molecule has 92 valence electrons. The fraction of sp³-hybridized carbons (Fsp3) is 0.250.